The van der Waals surface area contributed by atoms with Crippen molar-refractivity contribution in [2.75, 3.05) is 29.6 Å². The number of hydrogen-bond donors (Lipinski definition) is 2. The first-order valence-electron chi connectivity index (χ1n) is 13.1. The third-order valence-corrected chi connectivity index (χ3v) is 7.58. The number of amides is 3. The first kappa shape index (κ1) is 27.7. The monoisotopic (exact) mass is 563 g/mol. The minimum Gasteiger partial charge on any atom is -0.497 e. The first-order valence-corrected chi connectivity index (χ1v) is 14.1. The van der Waals surface area contributed by atoms with Crippen LogP contribution in [0.15, 0.2) is 114 Å². The van der Waals surface area contributed by atoms with Crippen molar-refractivity contribution in [3.8, 4) is 5.75 Å². The van der Waals surface area contributed by atoms with Crippen molar-refractivity contribution in [1.82, 2.24) is 5.32 Å². The van der Waals surface area contributed by atoms with E-state index in [1.165, 1.54) is 17.3 Å². The van der Waals surface area contributed by atoms with Gasteiger partial charge in [0.05, 0.1) is 12.9 Å². The van der Waals surface area contributed by atoms with Crippen molar-refractivity contribution in [2.24, 2.45) is 0 Å². The molecule has 0 atom stereocenters. The van der Waals surface area contributed by atoms with Crippen molar-refractivity contribution in [3.05, 3.63) is 126 Å². The lowest BCUT2D eigenvalue weighted by Crippen LogP contribution is -2.30. The molecule has 7 nitrogen and oxygen atoms in total. The first-order chi connectivity index (χ1) is 20.0. The highest BCUT2D eigenvalue weighted by Gasteiger charge is 2.24. The molecular weight excluding hydrogens is 534 g/mol. The minimum absolute atomic E-state index is 0.0442. The number of nitrogens with zero attached hydrogens (tertiary/aromatic N) is 1. The lowest BCUT2D eigenvalue weighted by Gasteiger charge is -2.17. The zero-order valence-corrected chi connectivity index (χ0v) is 23.3. The van der Waals surface area contributed by atoms with Crippen molar-refractivity contribution in [3.63, 3.8) is 0 Å². The number of ether oxygens (including phenoxy) is 1. The van der Waals surface area contributed by atoms with Crippen LogP contribution in [0.2, 0.25) is 0 Å². The minimum atomic E-state index is -0.475. The molecule has 0 spiro atoms. The van der Waals surface area contributed by atoms with E-state index in [-0.39, 0.29) is 17.4 Å². The van der Waals surface area contributed by atoms with E-state index in [9.17, 15) is 14.4 Å². The van der Waals surface area contributed by atoms with Crippen LogP contribution in [0.5, 0.6) is 5.75 Å². The maximum Gasteiger partial charge on any atom is 0.272 e. The Morgan fingerprint density at radius 3 is 2.44 bits per heavy atom. The number of rotatable bonds is 9. The molecule has 0 aromatic heterocycles. The van der Waals surface area contributed by atoms with Crippen LogP contribution in [0.4, 0.5) is 11.4 Å². The van der Waals surface area contributed by atoms with Gasteiger partial charge in [0.25, 0.3) is 11.8 Å². The van der Waals surface area contributed by atoms with Gasteiger partial charge in [0.2, 0.25) is 5.91 Å². The summed E-state index contributed by atoms with van der Waals surface area (Å²) >= 11 is 1.41. The molecule has 206 valence electrons. The summed E-state index contributed by atoms with van der Waals surface area (Å²) < 4.78 is 5.22. The molecule has 0 radical (unpaired) electrons. The average molecular weight is 564 g/mol. The summed E-state index contributed by atoms with van der Waals surface area (Å²) in [6, 6.07) is 31.2. The third kappa shape index (κ3) is 7.04. The normalized spacial score (nSPS) is 12.4. The fourth-order valence-corrected chi connectivity index (χ4v) is 5.32. The maximum atomic E-state index is 13.4. The number of thioether (sulfide) groups is 1. The predicted molar refractivity (Wildman–Crippen MR) is 163 cm³/mol. The van der Waals surface area contributed by atoms with Crippen LogP contribution in [0, 0.1) is 0 Å². The standard InChI is InChI=1S/C33H29N3O4S/c1-40-27-16-14-23(15-17-27)20-29(35-32(38)25-9-3-2-4-10-25)33(39)34-26-11-7-12-28(21-26)41-22-31(37)36-19-18-24-8-5-6-13-30(24)36/h2-17,20-21H,18-19,22H2,1H3,(H,34,39)(H,35,38)/b29-20-. The second-order valence-electron chi connectivity index (χ2n) is 9.35. The summed E-state index contributed by atoms with van der Waals surface area (Å²) in [5.74, 6) is 0.136. The molecule has 41 heavy (non-hydrogen) atoms. The summed E-state index contributed by atoms with van der Waals surface area (Å²) in [6.45, 7) is 0.687. The summed E-state index contributed by atoms with van der Waals surface area (Å²) in [4.78, 5) is 41.9. The topological polar surface area (TPSA) is 87.7 Å². The van der Waals surface area contributed by atoms with Gasteiger partial charge in [-0.25, -0.2) is 0 Å². The predicted octanol–water partition coefficient (Wildman–Crippen LogP) is 5.79. The van der Waals surface area contributed by atoms with Crippen LogP contribution in [-0.4, -0.2) is 37.1 Å². The second-order valence-corrected chi connectivity index (χ2v) is 10.4. The van der Waals surface area contributed by atoms with Gasteiger partial charge in [-0.05, 0) is 72.2 Å². The van der Waals surface area contributed by atoms with Gasteiger partial charge >= 0.3 is 0 Å². The summed E-state index contributed by atoms with van der Waals surface area (Å²) in [5.41, 5.74) is 3.96. The second kappa shape index (κ2) is 13.0. The van der Waals surface area contributed by atoms with Gasteiger partial charge in [0.1, 0.15) is 11.4 Å². The third-order valence-electron chi connectivity index (χ3n) is 6.60. The molecule has 0 saturated carbocycles. The molecule has 0 unspecified atom stereocenters. The Hall–Kier alpha value is -4.82. The van der Waals surface area contributed by atoms with Gasteiger partial charge in [-0.3, -0.25) is 14.4 Å². The Morgan fingerprint density at radius 2 is 1.66 bits per heavy atom. The van der Waals surface area contributed by atoms with Crippen LogP contribution in [0.25, 0.3) is 6.08 Å². The summed E-state index contributed by atoms with van der Waals surface area (Å²) in [5, 5.41) is 5.63. The highest BCUT2D eigenvalue weighted by Crippen LogP contribution is 2.29. The van der Waals surface area contributed by atoms with Crippen LogP contribution >= 0.6 is 11.8 Å². The van der Waals surface area contributed by atoms with E-state index >= 15 is 0 Å². The van der Waals surface area contributed by atoms with Crippen molar-refractivity contribution in [2.45, 2.75) is 11.3 Å². The lowest BCUT2D eigenvalue weighted by molar-refractivity contribution is -0.116. The van der Waals surface area contributed by atoms with Crippen LogP contribution < -0.4 is 20.3 Å². The van der Waals surface area contributed by atoms with E-state index in [2.05, 4.69) is 16.7 Å². The number of nitrogens with one attached hydrogen (secondary N) is 2. The van der Waals surface area contributed by atoms with Crippen molar-refractivity contribution in [1.29, 1.82) is 0 Å². The van der Waals surface area contributed by atoms with E-state index in [1.807, 2.05) is 47.4 Å². The van der Waals surface area contributed by atoms with Gasteiger partial charge in [-0.15, -0.1) is 11.8 Å². The van der Waals surface area contributed by atoms with Crippen LogP contribution in [0.1, 0.15) is 21.5 Å². The number of carbonyl (C=O) groups is 3. The van der Waals surface area contributed by atoms with Crippen LogP contribution in [-0.2, 0) is 16.0 Å². The maximum absolute atomic E-state index is 13.4. The highest BCUT2D eigenvalue weighted by atomic mass is 32.2. The molecule has 2 N–H and O–H groups in total. The van der Waals surface area contributed by atoms with E-state index in [1.54, 1.807) is 67.8 Å². The lowest BCUT2D eigenvalue weighted by atomic mass is 10.1. The molecule has 1 aliphatic heterocycles. The largest absolute Gasteiger partial charge is 0.497 e. The van der Waals surface area contributed by atoms with E-state index < -0.39 is 11.8 Å². The Kier molecular flexibility index (Phi) is 8.81. The zero-order valence-electron chi connectivity index (χ0n) is 22.5. The van der Waals surface area contributed by atoms with Crippen molar-refractivity contribution < 1.29 is 19.1 Å². The Labute approximate surface area is 243 Å². The molecule has 0 saturated heterocycles. The molecule has 8 heteroatoms. The van der Waals surface area contributed by atoms with Crippen LogP contribution in [0.3, 0.4) is 0 Å². The molecule has 5 rings (SSSR count). The van der Waals surface area contributed by atoms with E-state index in [0.29, 0.717) is 23.5 Å². The number of hydrogen-bond acceptors (Lipinski definition) is 5. The number of para-hydroxylation sites is 1. The Bertz CT molecular complexity index is 1590. The molecule has 1 aliphatic rings. The fraction of sp³-hybridized carbons (Fsp3) is 0.121. The zero-order chi connectivity index (χ0) is 28.6. The number of methoxy groups -OCH3 is 1. The summed E-state index contributed by atoms with van der Waals surface area (Å²) in [7, 11) is 1.58. The molecule has 1 heterocycles. The quantitative estimate of drug-likeness (QED) is 0.199. The number of benzene rings is 4. The molecule has 0 bridgehead atoms. The Balaban J connectivity index is 1.28. The molecule has 3 amide bonds. The average Bonchev–Trinajstić information content (AvgIpc) is 3.45. The van der Waals surface area contributed by atoms with Gasteiger partial charge in [0, 0.05) is 28.4 Å². The van der Waals surface area contributed by atoms with Gasteiger partial charge in [-0.1, -0.05) is 54.6 Å². The van der Waals surface area contributed by atoms with Gasteiger partial charge < -0.3 is 20.3 Å². The highest BCUT2D eigenvalue weighted by molar-refractivity contribution is 8.00. The number of anilines is 2. The fourth-order valence-electron chi connectivity index (χ4n) is 4.49. The Morgan fingerprint density at radius 1 is 0.902 bits per heavy atom. The van der Waals surface area contributed by atoms with E-state index in [0.717, 1.165) is 22.6 Å². The molecule has 0 fully saturated rings. The van der Waals surface area contributed by atoms with Gasteiger partial charge in [-0.2, -0.15) is 0 Å². The van der Waals surface area contributed by atoms with Gasteiger partial charge in [0.15, 0.2) is 0 Å². The summed E-state index contributed by atoms with van der Waals surface area (Å²) in [6.07, 6.45) is 2.47. The molecule has 4 aromatic rings. The molecular formula is C33H29N3O4S. The molecule has 4 aromatic carbocycles. The number of fused-ring (bicyclic) bond motifs is 1. The number of carbonyl (C=O) groups excluding carboxylic acids is 3. The molecule has 0 aliphatic carbocycles. The van der Waals surface area contributed by atoms with E-state index in [4.69, 9.17) is 4.74 Å². The SMILES string of the molecule is COc1ccc(/C=C(\NC(=O)c2ccccc2)C(=O)Nc2cccc(SCC(=O)N3CCc4ccccc43)c2)cc1. The van der Waals surface area contributed by atoms with Crippen molar-refractivity contribution >= 4 is 46.9 Å². The smallest absolute Gasteiger partial charge is 0.272 e.